The van der Waals surface area contributed by atoms with Gasteiger partial charge >= 0.3 is 0 Å². The maximum Gasteiger partial charge on any atom is 0.0758 e. The fourth-order valence-corrected chi connectivity index (χ4v) is 2.42. The zero-order chi connectivity index (χ0) is 11.9. The van der Waals surface area contributed by atoms with E-state index in [9.17, 15) is 0 Å². The Balaban J connectivity index is 2.94. The molecule has 0 radical (unpaired) electrons. The van der Waals surface area contributed by atoms with E-state index in [-0.39, 0.29) is 0 Å². The van der Waals surface area contributed by atoms with Crippen LogP contribution in [0.25, 0.3) is 10.9 Å². The fraction of sp³-hybridized carbons (Fsp3) is 0.308. The third kappa shape index (κ3) is 1.69. The summed E-state index contributed by atoms with van der Waals surface area (Å²) in [6, 6.07) is 4.16. The maximum atomic E-state index is 6.15. The summed E-state index contributed by atoms with van der Waals surface area (Å²) in [6.45, 7) is 6.16. The number of halogens is 1. The van der Waals surface area contributed by atoms with E-state index in [2.05, 4.69) is 33.9 Å². The standard InChI is InChI=1S/C13H15BrN2/c1-4-9-5-10(14)6-11-12(15)7(2)8(3)16-13(9)11/h5-6H,4H2,1-3H3,(H2,15,16). The van der Waals surface area contributed by atoms with Crippen molar-refractivity contribution in [2.75, 3.05) is 5.73 Å². The summed E-state index contributed by atoms with van der Waals surface area (Å²) in [4.78, 5) is 4.65. The molecule has 3 heteroatoms. The molecule has 0 bridgehead atoms. The highest BCUT2D eigenvalue weighted by Crippen LogP contribution is 2.30. The molecule has 0 saturated heterocycles. The number of hydrogen-bond acceptors (Lipinski definition) is 2. The number of aromatic nitrogens is 1. The first-order valence-corrected chi connectivity index (χ1v) is 6.18. The molecule has 1 aromatic heterocycles. The number of fused-ring (bicyclic) bond motifs is 1. The van der Waals surface area contributed by atoms with Gasteiger partial charge in [0.2, 0.25) is 0 Å². The lowest BCUT2D eigenvalue weighted by atomic mass is 10.0. The van der Waals surface area contributed by atoms with E-state index in [1.54, 1.807) is 0 Å². The lowest BCUT2D eigenvalue weighted by Gasteiger charge is -2.11. The highest BCUT2D eigenvalue weighted by molar-refractivity contribution is 9.10. The molecule has 1 heterocycles. The quantitative estimate of drug-likeness (QED) is 0.863. The third-order valence-electron chi connectivity index (χ3n) is 3.05. The second kappa shape index (κ2) is 4.06. The van der Waals surface area contributed by atoms with Gasteiger partial charge < -0.3 is 5.73 Å². The Bertz CT molecular complexity index is 562. The minimum Gasteiger partial charge on any atom is -0.398 e. The van der Waals surface area contributed by atoms with Gasteiger partial charge in [-0.15, -0.1) is 0 Å². The van der Waals surface area contributed by atoms with Gasteiger partial charge in [-0.05, 0) is 43.5 Å². The van der Waals surface area contributed by atoms with Crippen LogP contribution in [0.2, 0.25) is 0 Å². The summed E-state index contributed by atoms with van der Waals surface area (Å²) < 4.78 is 1.06. The minimum atomic E-state index is 0.846. The number of pyridine rings is 1. The van der Waals surface area contributed by atoms with Crippen LogP contribution >= 0.6 is 15.9 Å². The van der Waals surface area contributed by atoms with E-state index in [4.69, 9.17) is 5.73 Å². The molecule has 0 aliphatic heterocycles. The number of nitrogen functional groups attached to an aromatic ring is 1. The van der Waals surface area contributed by atoms with E-state index >= 15 is 0 Å². The van der Waals surface area contributed by atoms with Crippen LogP contribution in [0, 0.1) is 13.8 Å². The van der Waals surface area contributed by atoms with Gasteiger partial charge in [0.15, 0.2) is 0 Å². The summed E-state index contributed by atoms with van der Waals surface area (Å²) in [5.74, 6) is 0. The van der Waals surface area contributed by atoms with Crippen molar-refractivity contribution in [3.8, 4) is 0 Å². The van der Waals surface area contributed by atoms with Gasteiger partial charge in [0, 0.05) is 21.2 Å². The number of anilines is 1. The summed E-state index contributed by atoms with van der Waals surface area (Å²) in [7, 11) is 0. The third-order valence-corrected chi connectivity index (χ3v) is 3.51. The first kappa shape index (κ1) is 11.4. The molecule has 0 unspecified atom stereocenters. The molecular formula is C13H15BrN2. The Kier molecular flexibility index (Phi) is 2.89. The Labute approximate surface area is 104 Å². The highest BCUT2D eigenvalue weighted by Gasteiger charge is 2.10. The molecular weight excluding hydrogens is 264 g/mol. The van der Waals surface area contributed by atoms with E-state index in [0.717, 1.165) is 38.7 Å². The molecule has 2 rings (SSSR count). The Morgan fingerprint density at radius 1 is 1.31 bits per heavy atom. The summed E-state index contributed by atoms with van der Waals surface area (Å²) >= 11 is 3.52. The summed E-state index contributed by atoms with van der Waals surface area (Å²) in [5, 5.41) is 1.05. The van der Waals surface area contributed by atoms with Gasteiger partial charge in [-0.3, -0.25) is 4.98 Å². The van der Waals surface area contributed by atoms with Crippen molar-refractivity contribution in [3.63, 3.8) is 0 Å². The van der Waals surface area contributed by atoms with Gasteiger partial charge in [-0.25, -0.2) is 0 Å². The van der Waals surface area contributed by atoms with Crippen LogP contribution < -0.4 is 5.73 Å². The number of hydrogen-bond donors (Lipinski definition) is 1. The highest BCUT2D eigenvalue weighted by atomic mass is 79.9. The maximum absolute atomic E-state index is 6.15. The largest absolute Gasteiger partial charge is 0.398 e. The monoisotopic (exact) mass is 278 g/mol. The number of nitrogens with two attached hydrogens (primary N) is 1. The molecule has 84 valence electrons. The minimum absolute atomic E-state index is 0.846. The van der Waals surface area contributed by atoms with Crippen molar-refractivity contribution < 1.29 is 0 Å². The van der Waals surface area contributed by atoms with E-state index in [1.807, 2.05) is 19.9 Å². The zero-order valence-electron chi connectivity index (χ0n) is 9.76. The predicted molar refractivity (Wildman–Crippen MR) is 72.7 cm³/mol. The van der Waals surface area contributed by atoms with Crippen molar-refractivity contribution >= 4 is 32.5 Å². The molecule has 0 fully saturated rings. The van der Waals surface area contributed by atoms with Crippen LogP contribution in [0.5, 0.6) is 0 Å². The molecule has 16 heavy (non-hydrogen) atoms. The van der Waals surface area contributed by atoms with Crippen LogP contribution in [0.15, 0.2) is 16.6 Å². The molecule has 0 atom stereocenters. The van der Waals surface area contributed by atoms with Crippen molar-refractivity contribution in [2.24, 2.45) is 0 Å². The lowest BCUT2D eigenvalue weighted by molar-refractivity contribution is 1.12. The molecule has 0 aliphatic rings. The molecule has 0 saturated carbocycles. The average Bonchev–Trinajstić information content (AvgIpc) is 2.26. The molecule has 2 N–H and O–H groups in total. The predicted octanol–water partition coefficient (Wildman–Crippen LogP) is 3.76. The molecule has 0 amide bonds. The Morgan fingerprint density at radius 3 is 2.62 bits per heavy atom. The Hall–Kier alpha value is -1.09. The van der Waals surface area contributed by atoms with Gasteiger partial charge in [-0.1, -0.05) is 22.9 Å². The molecule has 0 aliphatic carbocycles. The zero-order valence-corrected chi connectivity index (χ0v) is 11.4. The number of rotatable bonds is 1. The lowest BCUT2D eigenvalue weighted by Crippen LogP contribution is -1.99. The van der Waals surface area contributed by atoms with Crippen molar-refractivity contribution in [2.45, 2.75) is 27.2 Å². The van der Waals surface area contributed by atoms with Gasteiger partial charge in [-0.2, -0.15) is 0 Å². The second-order valence-corrected chi connectivity index (χ2v) is 4.97. The van der Waals surface area contributed by atoms with Gasteiger partial charge in [0.05, 0.1) is 5.52 Å². The van der Waals surface area contributed by atoms with E-state index in [0.29, 0.717) is 0 Å². The summed E-state index contributed by atoms with van der Waals surface area (Å²) in [5.41, 5.74) is 11.4. The number of benzene rings is 1. The number of aryl methyl sites for hydroxylation is 2. The normalized spacial score (nSPS) is 11.0. The van der Waals surface area contributed by atoms with Crippen LogP contribution in [0.4, 0.5) is 5.69 Å². The average molecular weight is 279 g/mol. The van der Waals surface area contributed by atoms with Crippen molar-refractivity contribution in [1.29, 1.82) is 0 Å². The number of nitrogens with zero attached hydrogens (tertiary/aromatic N) is 1. The van der Waals surface area contributed by atoms with E-state index in [1.165, 1.54) is 5.56 Å². The van der Waals surface area contributed by atoms with Gasteiger partial charge in [0.1, 0.15) is 0 Å². The first-order valence-electron chi connectivity index (χ1n) is 5.39. The Morgan fingerprint density at radius 2 is 2.00 bits per heavy atom. The van der Waals surface area contributed by atoms with Crippen molar-refractivity contribution in [3.05, 3.63) is 33.4 Å². The van der Waals surface area contributed by atoms with Crippen LogP contribution in [-0.4, -0.2) is 4.98 Å². The topological polar surface area (TPSA) is 38.9 Å². The smallest absolute Gasteiger partial charge is 0.0758 e. The first-order chi connectivity index (χ1) is 7.54. The molecule has 2 nitrogen and oxygen atoms in total. The fourth-order valence-electron chi connectivity index (χ4n) is 1.91. The SMILES string of the molecule is CCc1cc(Br)cc2c(N)c(C)c(C)nc12. The summed E-state index contributed by atoms with van der Waals surface area (Å²) in [6.07, 6.45) is 0.963. The van der Waals surface area contributed by atoms with Crippen LogP contribution in [-0.2, 0) is 6.42 Å². The van der Waals surface area contributed by atoms with Crippen molar-refractivity contribution in [1.82, 2.24) is 4.98 Å². The molecule has 1 aromatic carbocycles. The molecule has 0 spiro atoms. The van der Waals surface area contributed by atoms with Crippen LogP contribution in [0.1, 0.15) is 23.7 Å². The van der Waals surface area contributed by atoms with Gasteiger partial charge in [0.25, 0.3) is 0 Å². The molecule has 2 aromatic rings. The van der Waals surface area contributed by atoms with Crippen LogP contribution in [0.3, 0.4) is 0 Å². The second-order valence-electron chi connectivity index (χ2n) is 4.05. The van der Waals surface area contributed by atoms with E-state index < -0.39 is 0 Å².